The van der Waals surface area contributed by atoms with Gasteiger partial charge in [-0.3, -0.25) is 0 Å². The van der Waals surface area contributed by atoms with Crippen LogP contribution in [0.15, 0.2) is 212 Å². The monoisotopic (exact) mass is 782 g/mol. The molecule has 0 N–H and O–H groups in total. The summed E-state index contributed by atoms with van der Waals surface area (Å²) in [4.78, 5) is 0. The van der Waals surface area contributed by atoms with Crippen molar-refractivity contribution in [2.75, 3.05) is 0 Å². The maximum absolute atomic E-state index is 8.63. The van der Waals surface area contributed by atoms with E-state index in [1.807, 2.05) is 0 Å². The summed E-state index contributed by atoms with van der Waals surface area (Å²) in [5.41, 5.74) is 0. The van der Waals surface area contributed by atoms with Crippen LogP contribution in [0, 0.1) is 0 Å². The molecule has 0 spiro atoms. The van der Waals surface area contributed by atoms with Gasteiger partial charge in [-0.2, -0.15) is 0 Å². The Morgan fingerprint density at radius 3 is 0.929 bits per heavy atom. The maximum atomic E-state index is 8.63. The normalized spacial score (nSPS) is 12.0. The third-order valence-electron chi connectivity index (χ3n) is 11.1. The number of benzene rings is 7. The van der Waals surface area contributed by atoms with Crippen molar-refractivity contribution in [3.63, 3.8) is 0 Å². The van der Waals surface area contributed by atoms with Crippen molar-refractivity contribution < 1.29 is 8.23 Å². The average molecular weight is 783 g/mol. The fourth-order valence-electron chi connectivity index (χ4n) is 8.26. The number of unbranched alkanes of at least 4 members (excludes halogenated alkanes) is 6. The van der Waals surface area contributed by atoms with Crippen molar-refractivity contribution >= 4 is 61.5 Å². The summed E-state index contributed by atoms with van der Waals surface area (Å²) >= 11 is 0. The Morgan fingerprint density at radius 2 is 0.589 bits per heavy atom. The van der Waals surface area contributed by atoms with Crippen LogP contribution >= 0.6 is 0 Å². The summed E-state index contributed by atoms with van der Waals surface area (Å²) in [7, 11) is -10.1. The van der Waals surface area contributed by atoms with Crippen LogP contribution in [0.5, 0.6) is 0 Å². The van der Waals surface area contributed by atoms with E-state index in [-0.39, 0.29) is 0 Å². The van der Waals surface area contributed by atoms with Gasteiger partial charge in [0.25, 0.3) is 8.32 Å². The first-order chi connectivity index (χ1) is 27.7. The van der Waals surface area contributed by atoms with Gasteiger partial charge in [-0.1, -0.05) is 264 Å². The summed E-state index contributed by atoms with van der Waals surface area (Å²) in [6.07, 6.45) is 8.69. The second-order valence-corrected chi connectivity index (χ2v) is 25.2. The van der Waals surface area contributed by atoms with Gasteiger partial charge in [0.15, 0.2) is 0 Å². The quantitative estimate of drug-likeness (QED) is 0.0466. The third kappa shape index (κ3) is 8.58. The molecular formula is C51H54O2Si3. The first-order valence-electron chi connectivity index (χ1n) is 20.5. The third-order valence-corrected chi connectivity index (χ3v) is 25.2. The standard InChI is InChI=1S/C51H54O2Si3/c1-2-3-4-5-6-7-29-44-54(45-30-15-8-16-31-45,46-32-17-9-18-33-46)52-56(50-40-25-13-26-41-50,51-42-27-14-28-43-51)53-55(47-34-19-10-20-35-47,48-36-21-11-22-37-48)49-38-23-12-24-39-49/h8-28,30-43H,2-7,29,44H2,1H3. The predicted octanol–water partition coefficient (Wildman–Crippen LogP) is 8.45. The molecule has 0 atom stereocenters. The lowest BCUT2D eigenvalue weighted by atomic mass is 10.1. The fourth-order valence-corrected chi connectivity index (χ4v) is 24.8. The molecular weight excluding hydrogens is 729 g/mol. The van der Waals surface area contributed by atoms with E-state index in [9.17, 15) is 0 Å². The first kappa shape index (κ1) is 39.3. The maximum Gasteiger partial charge on any atom is 0.387 e. The fraction of sp³-hybridized carbons (Fsp3) is 0.176. The van der Waals surface area contributed by atoms with Crippen LogP contribution in [-0.4, -0.2) is 25.2 Å². The SMILES string of the molecule is CCCCCCCCC[Si](O[Si](O[Si](c1ccccc1)(c1ccccc1)c1ccccc1)(c1ccccc1)c1ccccc1)(c1ccccc1)c1ccccc1. The van der Waals surface area contributed by atoms with E-state index >= 15 is 0 Å². The van der Waals surface area contributed by atoms with Gasteiger partial charge in [0.05, 0.1) is 0 Å². The molecule has 7 aromatic rings. The Morgan fingerprint density at radius 1 is 0.304 bits per heavy atom. The molecule has 7 rings (SSSR count). The molecule has 0 radical (unpaired) electrons. The Bertz CT molecular complexity index is 1980. The summed E-state index contributed by atoms with van der Waals surface area (Å²) in [6.45, 7) is 2.29. The molecule has 0 aliphatic carbocycles. The molecule has 0 aromatic heterocycles. The van der Waals surface area contributed by atoms with Crippen LogP contribution in [0.25, 0.3) is 0 Å². The number of rotatable bonds is 19. The molecule has 0 heterocycles. The van der Waals surface area contributed by atoms with Crippen molar-refractivity contribution in [1.82, 2.24) is 0 Å². The van der Waals surface area contributed by atoms with Gasteiger partial charge in [-0.15, -0.1) is 0 Å². The lowest BCUT2D eigenvalue weighted by Gasteiger charge is -2.47. The molecule has 0 amide bonds. The molecule has 2 nitrogen and oxygen atoms in total. The van der Waals surface area contributed by atoms with Crippen LogP contribution in [-0.2, 0) is 8.23 Å². The van der Waals surface area contributed by atoms with Crippen molar-refractivity contribution in [2.45, 2.75) is 57.9 Å². The minimum Gasteiger partial charge on any atom is -0.422 e. The lowest BCUT2D eigenvalue weighted by Crippen LogP contribution is -2.81. The van der Waals surface area contributed by atoms with Gasteiger partial charge in [0.1, 0.15) is 0 Å². The zero-order chi connectivity index (χ0) is 38.4. The smallest absolute Gasteiger partial charge is 0.387 e. The predicted molar refractivity (Wildman–Crippen MR) is 245 cm³/mol. The number of hydrogen-bond acceptors (Lipinski definition) is 2. The molecule has 56 heavy (non-hydrogen) atoms. The van der Waals surface area contributed by atoms with E-state index in [2.05, 4.69) is 219 Å². The molecule has 0 unspecified atom stereocenters. The topological polar surface area (TPSA) is 18.5 Å². The van der Waals surface area contributed by atoms with E-state index in [4.69, 9.17) is 8.23 Å². The highest BCUT2D eigenvalue weighted by atomic mass is 28.5. The minimum atomic E-state index is -3.70. The summed E-state index contributed by atoms with van der Waals surface area (Å²) in [6, 6.07) is 78.2. The highest BCUT2D eigenvalue weighted by Crippen LogP contribution is 2.27. The van der Waals surface area contributed by atoms with Crippen LogP contribution in [0.1, 0.15) is 51.9 Å². The number of hydrogen-bond donors (Lipinski definition) is 0. The zero-order valence-corrected chi connectivity index (χ0v) is 35.7. The second kappa shape index (κ2) is 19.3. The molecule has 0 bridgehead atoms. The van der Waals surface area contributed by atoms with E-state index < -0.39 is 25.2 Å². The summed E-state index contributed by atoms with van der Waals surface area (Å²) < 4.78 is 17.2. The van der Waals surface area contributed by atoms with Crippen molar-refractivity contribution in [1.29, 1.82) is 0 Å². The molecule has 7 aromatic carbocycles. The largest absolute Gasteiger partial charge is 0.422 e. The first-order valence-corrected chi connectivity index (χ1v) is 26.3. The Hall–Kier alpha value is -4.89. The highest BCUT2D eigenvalue weighted by molar-refractivity contribution is 7.15. The van der Waals surface area contributed by atoms with E-state index in [0.29, 0.717) is 0 Å². The van der Waals surface area contributed by atoms with Crippen LogP contribution in [0.4, 0.5) is 0 Å². The molecule has 0 fully saturated rings. The summed E-state index contributed by atoms with van der Waals surface area (Å²) in [5, 5.41) is 8.41. The molecule has 0 saturated carbocycles. The molecule has 5 heteroatoms. The molecule has 282 valence electrons. The van der Waals surface area contributed by atoms with Gasteiger partial charge >= 0.3 is 8.56 Å². The van der Waals surface area contributed by atoms with Gasteiger partial charge < -0.3 is 8.23 Å². The van der Waals surface area contributed by atoms with Gasteiger partial charge in [0, 0.05) is 0 Å². The highest BCUT2D eigenvalue weighted by Gasteiger charge is 2.58. The van der Waals surface area contributed by atoms with Crippen LogP contribution < -0.4 is 36.3 Å². The van der Waals surface area contributed by atoms with E-state index in [0.717, 1.165) is 22.8 Å². The Balaban J connectivity index is 1.53. The minimum absolute atomic E-state index is 0.961. The van der Waals surface area contributed by atoms with Gasteiger partial charge in [0.2, 0.25) is 8.32 Å². The zero-order valence-electron chi connectivity index (χ0n) is 32.7. The van der Waals surface area contributed by atoms with Crippen LogP contribution in [0.2, 0.25) is 6.04 Å². The summed E-state index contributed by atoms with van der Waals surface area (Å²) in [5.74, 6) is 0. The van der Waals surface area contributed by atoms with Crippen molar-refractivity contribution in [3.05, 3.63) is 212 Å². The van der Waals surface area contributed by atoms with Crippen molar-refractivity contribution in [3.8, 4) is 0 Å². The van der Waals surface area contributed by atoms with Crippen LogP contribution in [0.3, 0.4) is 0 Å². The molecule has 0 saturated heterocycles. The lowest BCUT2D eigenvalue weighted by molar-refractivity contribution is 0.422. The Kier molecular flexibility index (Phi) is 13.6. The van der Waals surface area contributed by atoms with Gasteiger partial charge in [-0.05, 0) is 42.4 Å². The van der Waals surface area contributed by atoms with E-state index in [1.165, 1.54) is 64.5 Å². The van der Waals surface area contributed by atoms with E-state index in [1.54, 1.807) is 0 Å². The molecule has 0 aliphatic heterocycles. The van der Waals surface area contributed by atoms with Crippen molar-refractivity contribution in [2.24, 2.45) is 0 Å². The Labute approximate surface area is 338 Å². The molecule has 0 aliphatic rings. The van der Waals surface area contributed by atoms with Gasteiger partial charge in [-0.25, -0.2) is 0 Å². The average Bonchev–Trinajstić information content (AvgIpc) is 3.29. The second-order valence-electron chi connectivity index (χ2n) is 14.8.